The van der Waals surface area contributed by atoms with E-state index in [-0.39, 0.29) is 18.9 Å². The number of hydrogen-bond acceptors (Lipinski definition) is 5. The Hall–Kier alpha value is -1.20. The van der Waals surface area contributed by atoms with Gasteiger partial charge in [-0.15, -0.1) is 0 Å². The number of nitrogens with one attached hydrogen (secondary N) is 1. The van der Waals surface area contributed by atoms with Gasteiger partial charge in [0.15, 0.2) is 0 Å². The largest absolute Gasteiger partial charge is 0.790 e. The summed E-state index contributed by atoms with van der Waals surface area (Å²) in [5, 5.41) is 2.69. The summed E-state index contributed by atoms with van der Waals surface area (Å²) < 4.78 is 14.2. The lowest BCUT2D eigenvalue weighted by Gasteiger charge is -2.28. The van der Waals surface area contributed by atoms with Crippen LogP contribution in [0.2, 0.25) is 0 Å². The zero-order valence-corrected chi connectivity index (χ0v) is 10.6. The molecule has 100 valence electrons. The van der Waals surface area contributed by atoms with Crippen molar-refractivity contribution in [3.63, 3.8) is 0 Å². The molecule has 0 atom stereocenters. The summed E-state index contributed by atoms with van der Waals surface area (Å²) in [4.78, 5) is 31.7. The molecule has 0 aliphatic rings. The Labute approximate surface area is 105 Å². The highest BCUT2D eigenvalue weighted by Gasteiger charge is 2.01. The molecular weight excluding hydrogens is 257 g/mol. The molecule has 0 aliphatic carbocycles. The van der Waals surface area contributed by atoms with Crippen molar-refractivity contribution < 1.29 is 23.7 Å². The standard InChI is InChI=1S/C11H16NO5P/c13-11(12-10-6-2-1-3-7-10)8-4-5-9-17-18(14,15)16/h1-3,6-7H,4-5,8-9H2,(H,12,13)(H2,14,15,16)/p-2. The van der Waals surface area contributed by atoms with E-state index >= 15 is 0 Å². The van der Waals surface area contributed by atoms with Gasteiger partial charge in [-0.3, -0.25) is 4.79 Å². The first-order chi connectivity index (χ1) is 8.47. The Bertz CT molecular complexity index is 417. The molecule has 0 saturated carbocycles. The monoisotopic (exact) mass is 271 g/mol. The van der Waals surface area contributed by atoms with E-state index in [1.54, 1.807) is 12.1 Å². The van der Waals surface area contributed by atoms with E-state index in [4.69, 9.17) is 0 Å². The number of carbonyl (C=O) groups is 1. The van der Waals surface area contributed by atoms with E-state index in [1.807, 2.05) is 18.2 Å². The first-order valence-corrected chi connectivity index (χ1v) is 6.95. The highest BCUT2D eigenvalue weighted by atomic mass is 31.2. The normalized spacial score (nSPS) is 11.2. The Morgan fingerprint density at radius 3 is 2.50 bits per heavy atom. The lowest BCUT2D eigenvalue weighted by atomic mass is 10.2. The summed E-state index contributed by atoms with van der Waals surface area (Å²) in [6, 6.07) is 9.00. The molecule has 0 fully saturated rings. The van der Waals surface area contributed by atoms with Crippen LogP contribution in [0.4, 0.5) is 5.69 Å². The Balaban J connectivity index is 2.13. The number of amides is 1. The average molecular weight is 271 g/mol. The number of phosphoric acid groups is 1. The maximum absolute atomic E-state index is 11.4. The van der Waals surface area contributed by atoms with Crippen LogP contribution in [0.5, 0.6) is 0 Å². The minimum atomic E-state index is -4.88. The Morgan fingerprint density at radius 2 is 1.89 bits per heavy atom. The molecule has 0 aliphatic heterocycles. The molecule has 0 saturated heterocycles. The van der Waals surface area contributed by atoms with Crippen LogP contribution in [0, 0.1) is 0 Å². The van der Waals surface area contributed by atoms with Gasteiger partial charge < -0.3 is 24.2 Å². The van der Waals surface area contributed by atoms with Crippen molar-refractivity contribution in [1.29, 1.82) is 0 Å². The average Bonchev–Trinajstić information content (AvgIpc) is 2.28. The summed E-state index contributed by atoms with van der Waals surface area (Å²) in [5.41, 5.74) is 0.711. The van der Waals surface area contributed by atoms with Gasteiger partial charge in [0.25, 0.3) is 0 Å². The topological polar surface area (TPSA) is 102 Å². The van der Waals surface area contributed by atoms with Crippen molar-refractivity contribution >= 4 is 19.4 Å². The van der Waals surface area contributed by atoms with E-state index in [1.165, 1.54) is 0 Å². The minimum absolute atomic E-state index is 0.159. The van der Waals surface area contributed by atoms with Crippen LogP contribution >= 0.6 is 7.82 Å². The van der Waals surface area contributed by atoms with Gasteiger partial charge in [-0.1, -0.05) is 18.2 Å². The maximum Gasteiger partial charge on any atom is 0.224 e. The molecule has 1 N–H and O–H groups in total. The molecule has 0 radical (unpaired) electrons. The molecule has 0 unspecified atom stereocenters. The van der Waals surface area contributed by atoms with Crippen molar-refractivity contribution in [2.75, 3.05) is 11.9 Å². The van der Waals surface area contributed by atoms with Crippen LogP contribution in [0.3, 0.4) is 0 Å². The van der Waals surface area contributed by atoms with E-state index < -0.39 is 7.82 Å². The summed E-state index contributed by atoms with van der Waals surface area (Å²) in [5.74, 6) is -0.159. The first-order valence-electron chi connectivity index (χ1n) is 5.49. The number of para-hydroxylation sites is 1. The van der Waals surface area contributed by atoms with Crippen LogP contribution < -0.4 is 15.1 Å². The molecule has 1 aromatic carbocycles. The van der Waals surface area contributed by atoms with Crippen molar-refractivity contribution in [1.82, 2.24) is 0 Å². The van der Waals surface area contributed by atoms with Gasteiger partial charge in [-0.25, -0.2) is 0 Å². The zero-order chi connectivity index (χ0) is 13.4. The van der Waals surface area contributed by atoms with Gasteiger partial charge in [0.2, 0.25) is 5.91 Å². The third-order valence-corrected chi connectivity index (χ3v) is 2.60. The fraction of sp³-hybridized carbons (Fsp3) is 0.364. The lowest BCUT2D eigenvalue weighted by molar-refractivity contribution is -0.341. The first kappa shape index (κ1) is 14.9. The van der Waals surface area contributed by atoms with Crippen LogP contribution in [0.25, 0.3) is 0 Å². The summed E-state index contributed by atoms with van der Waals surface area (Å²) >= 11 is 0. The molecule has 0 spiro atoms. The second-order valence-electron chi connectivity index (χ2n) is 3.65. The number of phosphoric ester groups is 1. The van der Waals surface area contributed by atoms with E-state index in [0.717, 1.165) is 0 Å². The molecule has 0 heterocycles. The highest BCUT2D eigenvalue weighted by Crippen LogP contribution is 2.24. The van der Waals surface area contributed by atoms with Crippen LogP contribution in [0.15, 0.2) is 30.3 Å². The number of unbranched alkanes of at least 4 members (excludes halogenated alkanes) is 1. The van der Waals surface area contributed by atoms with Gasteiger partial charge in [-0.2, -0.15) is 0 Å². The summed E-state index contributed by atoms with van der Waals surface area (Å²) in [6.07, 6.45) is 1.05. The number of hydrogen-bond donors (Lipinski definition) is 1. The fourth-order valence-electron chi connectivity index (χ4n) is 1.31. The second-order valence-corrected chi connectivity index (χ2v) is 4.80. The van der Waals surface area contributed by atoms with Crippen molar-refractivity contribution in [2.24, 2.45) is 0 Å². The molecule has 0 aromatic heterocycles. The predicted molar refractivity (Wildman–Crippen MR) is 62.5 cm³/mol. The number of carbonyl (C=O) groups excluding carboxylic acids is 1. The lowest BCUT2D eigenvalue weighted by Crippen LogP contribution is -2.17. The molecule has 1 amide bonds. The van der Waals surface area contributed by atoms with E-state index in [2.05, 4.69) is 9.84 Å². The number of anilines is 1. The van der Waals surface area contributed by atoms with Crippen molar-refractivity contribution in [3.8, 4) is 0 Å². The van der Waals surface area contributed by atoms with Gasteiger partial charge in [0, 0.05) is 12.1 Å². The Kier molecular flexibility index (Phi) is 6.01. The zero-order valence-electron chi connectivity index (χ0n) is 9.70. The number of benzene rings is 1. The van der Waals surface area contributed by atoms with Gasteiger partial charge in [0.1, 0.15) is 0 Å². The van der Waals surface area contributed by atoms with Crippen molar-refractivity contribution in [2.45, 2.75) is 19.3 Å². The third kappa shape index (κ3) is 7.19. The van der Waals surface area contributed by atoms with Crippen LogP contribution in [0.1, 0.15) is 19.3 Å². The van der Waals surface area contributed by atoms with E-state index in [9.17, 15) is 19.1 Å². The Morgan fingerprint density at radius 1 is 1.22 bits per heavy atom. The molecule has 1 aromatic rings. The molecule has 0 bridgehead atoms. The van der Waals surface area contributed by atoms with E-state index in [0.29, 0.717) is 18.5 Å². The second kappa shape index (κ2) is 7.28. The SMILES string of the molecule is O=C(CCCCOP(=O)([O-])[O-])Nc1ccccc1. The maximum atomic E-state index is 11.4. The number of rotatable bonds is 7. The predicted octanol–water partition coefficient (Wildman–Crippen LogP) is 0.641. The smallest absolute Gasteiger partial charge is 0.224 e. The molecular formula is C11H14NO5P-2. The highest BCUT2D eigenvalue weighted by molar-refractivity contribution is 7.43. The summed E-state index contributed by atoms with van der Waals surface area (Å²) in [7, 11) is -4.88. The third-order valence-electron chi connectivity index (χ3n) is 2.11. The fourth-order valence-corrected chi connectivity index (χ4v) is 1.66. The van der Waals surface area contributed by atoms with Crippen LogP contribution in [-0.4, -0.2) is 12.5 Å². The molecule has 1 rings (SSSR count). The van der Waals surface area contributed by atoms with Gasteiger partial charge in [-0.05, 0) is 25.0 Å². The quantitative estimate of drug-likeness (QED) is 0.579. The molecule has 7 heteroatoms. The van der Waals surface area contributed by atoms with Crippen molar-refractivity contribution in [3.05, 3.63) is 30.3 Å². The summed E-state index contributed by atoms with van der Waals surface area (Å²) in [6.45, 7) is -0.178. The van der Waals surface area contributed by atoms with Crippen LogP contribution in [-0.2, 0) is 13.9 Å². The van der Waals surface area contributed by atoms with Gasteiger partial charge >= 0.3 is 0 Å². The molecule has 18 heavy (non-hydrogen) atoms. The molecule has 6 nitrogen and oxygen atoms in total. The van der Waals surface area contributed by atoms with Gasteiger partial charge in [0.05, 0.1) is 14.4 Å². The minimum Gasteiger partial charge on any atom is -0.790 e.